The predicted molar refractivity (Wildman–Crippen MR) is 96.9 cm³/mol. The van der Waals surface area contributed by atoms with Gasteiger partial charge in [0.25, 0.3) is 0 Å². The van der Waals surface area contributed by atoms with Crippen LogP contribution in [-0.2, 0) is 14.0 Å². The fourth-order valence-corrected chi connectivity index (χ4v) is 13.8. The van der Waals surface area contributed by atoms with Crippen LogP contribution in [0.15, 0.2) is 43.2 Å². The van der Waals surface area contributed by atoms with E-state index in [1.165, 1.54) is 33.4 Å². The maximum Gasteiger partial charge on any atom is -0.147 e. The second-order valence-corrected chi connectivity index (χ2v) is 23.6. The first-order valence-electron chi connectivity index (χ1n) is 7.23. The molecule has 0 aromatic carbocycles. The molecule has 0 aromatic rings. The van der Waals surface area contributed by atoms with Gasteiger partial charge in [-0.2, -0.15) is 0 Å². The Morgan fingerprint density at radius 3 is 1.45 bits per heavy atom. The third-order valence-corrected chi connectivity index (χ3v) is 25.0. The number of allylic oxidation sites excluding steroid dienone is 8. The van der Waals surface area contributed by atoms with Gasteiger partial charge in [-0.3, -0.25) is 0 Å². The van der Waals surface area contributed by atoms with E-state index >= 15 is 0 Å². The molecule has 2 aliphatic rings. The predicted octanol–water partition coefficient (Wildman–Crippen LogP) is 5.41. The summed E-state index contributed by atoms with van der Waals surface area (Å²) in [6.07, 6.45) is 12.3. The molecule has 0 saturated heterocycles. The standard InChI is InChI=1S/2C6H7.2C2H5.2ClH.H2Si.Ti/c2*1-6-4-2-3-5-6;2*1-2;;;;/h2*4-5H,2H2,1H3;2*1H2,2H3;2*1H;1H2;. The summed E-state index contributed by atoms with van der Waals surface area (Å²) < 4.78 is 6.43. The maximum absolute atomic E-state index is 2.60. The van der Waals surface area contributed by atoms with Crippen LogP contribution >= 0.6 is 24.8 Å². The van der Waals surface area contributed by atoms with Crippen molar-refractivity contribution < 1.29 is 14.0 Å². The normalized spacial score (nSPS) is 18.4. The molecule has 0 atom stereocenters. The minimum atomic E-state index is -2.60. The summed E-state index contributed by atoms with van der Waals surface area (Å²) in [5, 5.41) is 0. The summed E-state index contributed by atoms with van der Waals surface area (Å²) >= 11 is -2.60. The van der Waals surface area contributed by atoms with Crippen LogP contribution in [0.4, 0.5) is 0 Å². The first-order valence-corrected chi connectivity index (χ1v) is 15.0. The Balaban J connectivity index is 0.00000180. The van der Waals surface area contributed by atoms with Crippen LogP contribution in [0.1, 0.15) is 40.5 Å². The van der Waals surface area contributed by atoms with Crippen molar-refractivity contribution in [3.8, 4) is 0 Å². The summed E-state index contributed by atoms with van der Waals surface area (Å²) in [6, 6.07) is 0. The Hall–Kier alpha value is 0.471. The summed E-state index contributed by atoms with van der Waals surface area (Å²) in [5.74, 6) is 0. The zero-order valence-corrected chi connectivity index (χ0v) is 17.8. The molecule has 4 heteroatoms. The summed E-state index contributed by atoms with van der Waals surface area (Å²) in [7, 11) is 2.42. The second-order valence-electron chi connectivity index (χ2n) is 6.29. The zero-order chi connectivity index (χ0) is 13.4. The molecule has 0 heterocycles. The molecule has 0 saturated carbocycles. The van der Waals surface area contributed by atoms with Gasteiger partial charge in [-0.15, -0.1) is 24.8 Å². The molecule has 0 N–H and O–H groups in total. The van der Waals surface area contributed by atoms with Gasteiger partial charge in [0.1, 0.15) is 0 Å². The van der Waals surface area contributed by atoms with Crippen molar-refractivity contribution in [1.82, 2.24) is 0 Å². The molecule has 0 fully saturated rings. The molecule has 0 nitrogen and oxygen atoms in total. The van der Waals surface area contributed by atoms with Crippen LogP contribution in [0.2, 0.25) is 9.45 Å². The van der Waals surface area contributed by atoms with Crippen molar-refractivity contribution in [2.75, 3.05) is 0 Å². The average Bonchev–Trinajstić information content (AvgIpc) is 2.98. The summed E-state index contributed by atoms with van der Waals surface area (Å²) in [4.78, 5) is 0. The van der Waals surface area contributed by atoms with E-state index in [1.54, 1.807) is 0 Å². The molecule has 0 aromatic heterocycles. The fraction of sp³-hybridized carbons (Fsp3) is 0.500. The molecule has 114 valence electrons. The topological polar surface area (TPSA) is 0 Å². The Bertz CT molecular complexity index is 515. The Morgan fingerprint density at radius 2 is 1.25 bits per heavy atom. The van der Waals surface area contributed by atoms with E-state index in [-0.39, 0.29) is 24.8 Å². The molecule has 0 amide bonds. The number of hydrogen-bond donors (Lipinski definition) is 0. The van der Waals surface area contributed by atoms with Gasteiger partial charge in [-0.1, -0.05) is 0 Å². The fourth-order valence-electron chi connectivity index (χ4n) is 3.61. The molecular weight excluding hydrogens is 339 g/mol. The van der Waals surface area contributed by atoms with Crippen molar-refractivity contribution >= 4 is 32.4 Å². The molecule has 0 unspecified atom stereocenters. The Morgan fingerprint density at radius 1 is 0.900 bits per heavy atom. The van der Waals surface area contributed by atoms with E-state index < -0.39 is 14.0 Å². The maximum atomic E-state index is 2.52. The van der Waals surface area contributed by atoms with Gasteiger partial charge in [0.05, 0.1) is 0 Å². The Labute approximate surface area is 139 Å². The quantitative estimate of drug-likeness (QED) is 0.583. The van der Waals surface area contributed by atoms with E-state index in [9.17, 15) is 0 Å². The molecule has 0 spiro atoms. The third kappa shape index (κ3) is 3.13. The summed E-state index contributed by atoms with van der Waals surface area (Å²) in [5.41, 5.74) is 2.97. The van der Waals surface area contributed by atoms with Gasteiger partial charge < -0.3 is 0 Å². The third-order valence-electron chi connectivity index (χ3n) is 5.48. The Kier molecular flexibility index (Phi) is 7.32. The van der Waals surface area contributed by atoms with Gasteiger partial charge in [0, 0.05) is 0 Å². The van der Waals surface area contributed by atoms with E-state index in [2.05, 4.69) is 59.6 Å². The van der Waals surface area contributed by atoms with Crippen LogP contribution in [0.5, 0.6) is 0 Å². The van der Waals surface area contributed by atoms with Crippen LogP contribution < -0.4 is 0 Å². The first-order chi connectivity index (χ1) is 8.43. The van der Waals surface area contributed by atoms with Crippen molar-refractivity contribution in [1.29, 1.82) is 0 Å². The number of hydrogen-bond acceptors (Lipinski definition) is 0. The van der Waals surface area contributed by atoms with Crippen molar-refractivity contribution in [3.05, 3.63) is 43.2 Å². The molecule has 2 aliphatic carbocycles. The van der Waals surface area contributed by atoms with Crippen LogP contribution in [0, 0.1) is 0 Å². The van der Waals surface area contributed by atoms with Gasteiger partial charge in [0.15, 0.2) is 0 Å². The second kappa shape index (κ2) is 7.15. The van der Waals surface area contributed by atoms with E-state index in [4.69, 9.17) is 0 Å². The number of halogens is 2. The monoisotopic (exact) mass is 366 g/mol. The molecule has 0 radical (unpaired) electrons. The number of rotatable bonds is 4. The van der Waals surface area contributed by atoms with Gasteiger partial charge in [-0.25, -0.2) is 0 Å². The van der Waals surface area contributed by atoms with E-state index in [0.29, 0.717) is 0 Å². The van der Waals surface area contributed by atoms with Gasteiger partial charge >= 0.3 is 115 Å². The average molecular weight is 367 g/mol. The van der Waals surface area contributed by atoms with Crippen LogP contribution in [0.3, 0.4) is 0 Å². The van der Waals surface area contributed by atoms with E-state index in [0.717, 1.165) is 0 Å². The van der Waals surface area contributed by atoms with Crippen LogP contribution in [-0.4, -0.2) is 7.63 Å². The van der Waals surface area contributed by atoms with Crippen molar-refractivity contribution in [2.45, 2.75) is 50.0 Å². The molecule has 20 heavy (non-hydrogen) atoms. The molecule has 0 bridgehead atoms. The minimum Gasteiger partial charge on any atom is -0.147 e. The smallest absolute Gasteiger partial charge is 0.147 e. The van der Waals surface area contributed by atoms with Gasteiger partial charge in [0.2, 0.25) is 0 Å². The van der Waals surface area contributed by atoms with Gasteiger partial charge in [-0.05, 0) is 0 Å². The largest absolute Gasteiger partial charge is 0.147 e. The molecule has 0 aliphatic heterocycles. The summed E-state index contributed by atoms with van der Waals surface area (Å²) in [6.45, 7) is 9.39. The molecule has 2 rings (SSSR count). The zero-order valence-electron chi connectivity index (χ0n) is 13.2. The van der Waals surface area contributed by atoms with E-state index in [1.807, 2.05) is 7.76 Å². The SMILES string of the molecule is C[CH2][Ti](=[SiH2])([CH2]C)([C]1=CC(C)=CC1)[C]1=CC(C)=CC1.Cl.Cl. The minimum absolute atomic E-state index is 0. The first kappa shape index (κ1) is 20.5. The van der Waals surface area contributed by atoms with Crippen LogP contribution in [0.25, 0.3) is 0 Å². The van der Waals surface area contributed by atoms with Crippen molar-refractivity contribution in [3.63, 3.8) is 0 Å². The molecular formula is C16H28Cl2SiTi. The van der Waals surface area contributed by atoms with Crippen molar-refractivity contribution in [2.24, 2.45) is 0 Å².